The number of morpholine rings is 1. The zero-order valence-electron chi connectivity index (χ0n) is 16.1. The Morgan fingerprint density at radius 2 is 2.11 bits per heavy atom. The number of thiazole rings is 1. The minimum Gasteiger partial charge on any atom is -0.497 e. The van der Waals surface area contributed by atoms with Gasteiger partial charge in [-0.25, -0.2) is 9.78 Å². The van der Waals surface area contributed by atoms with Gasteiger partial charge in [0.1, 0.15) is 21.5 Å². The fraction of sp³-hybridized carbons (Fsp3) is 0.667. The van der Waals surface area contributed by atoms with Crippen molar-refractivity contribution in [2.24, 2.45) is 5.92 Å². The molecule has 0 saturated carbocycles. The lowest BCUT2D eigenvalue weighted by Gasteiger charge is -2.32. The fourth-order valence-electron chi connectivity index (χ4n) is 3.75. The maximum absolute atomic E-state index is 12.6. The summed E-state index contributed by atoms with van der Waals surface area (Å²) in [6, 6.07) is -0.137. The molecule has 10 heteroatoms. The lowest BCUT2D eigenvalue weighted by Crippen LogP contribution is -2.48. The SMILES string of the molecule is COC1=c2nc(NC(=O)N3CCC(CO)CC3)sc2=C(N2CCOCC2)NC1. The second kappa shape index (κ2) is 8.54. The smallest absolute Gasteiger partial charge is 0.323 e. The third kappa shape index (κ3) is 3.89. The van der Waals surface area contributed by atoms with Crippen LogP contribution in [0.5, 0.6) is 0 Å². The van der Waals surface area contributed by atoms with Gasteiger partial charge in [0.15, 0.2) is 5.13 Å². The summed E-state index contributed by atoms with van der Waals surface area (Å²) >= 11 is 1.46. The van der Waals surface area contributed by atoms with Crippen molar-refractivity contribution in [3.8, 4) is 0 Å². The van der Waals surface area contributed by atoms with Gasteiger partial charge in [-0.15, -0.1) is 0 Å². The van der Waals surface area contributed by atoms with Gasteiger partial charge < -0.3 is 29.7 Å². The van der Waals surface area contributed by atoms with Gasteiger partial charge in [0.05, 0.1) is 26.9 Å². The van der Waals surface area contributed by atoms with Crippen LogP contribution in [0.4, 0.5) is 9.93 Å². The van der Waals surface area contributed by atoms with E-state index >= 15 is 0 Å². The summed E-state index contributed by atoms with van der Waals surface area (Å²) in [6.07, 6.45) is 1.66. The number of piperidine rings is 1. The Labute approximate surface area is 167 Å². The van der Waals surface area contributed by atoms with Crippen molar-refractivity contribution in [2.45, 2.75) is 12.8 Å². The molecular formula is C18H27N5O4S. The molecule has 0 unspecified atom stereocenters. The minimum absolute atomic E-state index is 0.137. The van der Waals surface area contributed by atoms with E-state index in [1.54, 1.807) is 12.0 Å². The number of urea groups is 1. The van der Waals surface area contributed by atoms with Crippen LogP contribution in [0.3, 0.4) is 0 Å². The zero-order valence-corrected chi connectivity index (χ0v) is 16.9. The number of aromatic nitrogens is 1. The Bertz CT molecular complexity index is 828. The second-order valence-electron chi connectivity index (χ2n) is 7.17. The molecule has 0 bridgehead atoms. The van der Waals surface area contributed by atoms with Gasteiger partial charge >= 0.3 is 6.03 Å². The van der Waals surface area contributed by atoms with E-state index in [1.807, 2.05) is 0 Å². The minimum atomic E-state index is -0.137. The number of rotatable bonds is 4. The lowest BCUT2D eigenvalue weighted by molar-refractivity contribution is 0.0611. The average molecular weight is 410 g/mol. The monoisotopic (exact) mass is 409 g/mol. The molecule has 0 radical (unpaired) electrons. The van der Waals surface area contributed by atoms with E-state index < -0.39 is 0 Å². The molecule has 0 spiro atoms. The number of nitrogens with one attached hydrogen (secondary N) is 2. The first-order chi connectivity index (χ1) is 13.7. The molecule has 2 saturated heterocycles. The average Bonchev–Trinajstić information content (AvgIpc) is 3.17. The van der Waals surface area contributed by atoms with E-state index in [0.717, 1.165) is 47.4 Å². The number of aliphatic hydroxyl groups is 1. The number of fused-ring (bicyclic) bond motifs is 1. The van der Waals surface area contributed by atoms with Crippen LogP contribution in [-0.4, -0.2) is 85.6 Å². The van der Waals surface area contributed by atoms with E-state index in [-0.39, 0.29) is 12.6 Å². The molecule has 2 fully saturated rings. The molecule has 1 aromatic heterocycles. The molecule has 154 valence electrons. The highest BCUT2D eigenvalue weighted by atomic mass is 32.1. The molecule has 0 atom stereocenters. The highest BCUT2D eigenvalue weighted by Crippen LogP contribution is 2.18. The molecule has 4 rings (SSSR count). The van der Waals surface area contributed by atoms with Crippen LogP contribution in [-0.2, 0) is 9.47 Å². The zero-order chi connectivity index (χ0) is 19.5. The predicted octanol–water partition coefficient (Wildman–Crippen LogP) is -0.865. The van der Waals surface area contributed by atoms with Crippen LogP contribution in [0, 0.1) is 5.92 Å². The lowest BCUT2D eigenvalue weighted by atomic mass is 9.98. The first-order valence-electron chi connectivity index (χ1n) is 9.71. The number of hydrogen-bond donors (Lipinski definition) is 3. The van der Waals surface area contributed by atoms with Crippen LogP contribution in [0.15, 0.2) is 0 Å². The number of hydrogen-bond acceptors (Lipinski definition) is 8. The maximum atomic E-state index is 12.6. The summed E-state index contributed by atoms with van der Waals surface area (Å²) in [7, 11) is 1.64. The topological polar surface area (TPSA) is 99.2 Å². The predicted molar refractivity (Wildman–Crippen MR) is 106 cm³/mol. The third-order valence-electron chi connectivity index (χ3n) is 5.47. The van der Waals surface area contributed by atoms with Crippen LogP contribution in [0.25, 0.3) is 11.6 Å². The first kappa shape index (κ1) is 19.3. The number of carbonyl (C=O) groups excluding carboxylic acids is 1. The molecule has 0 aromatic carbocycles. The summed E-state index contributed by atoms with van der Waals surface area (Å²) in [4.78, 5) is 21.3. The maximum Gasteiger partial charge on any atom is 0.323 e. The number of methoxy groups -OCH3 is 1. The molecular weight excluding hydrogens is 382 g/mol. The van der Waals surface area contributed by atoms with Gasteiger partial charge in [0, 0.05) is 32.8 Å². The fourth-order valence-corrected chi connectivity index (χ4v) is 4.77. The van der Waals surface area contributed by atoms with Crippen LogP contribution >= 0.6 is 11.3 Å². The largest absolute Gasteiger partial charge is 0.497 e. The van der Waals surface area contributed by atoms with Gasteiger partial charge in [-0.3, -0.25) is 5.32 Å². The highest BCUT2D eigenvalue weighted by Gasteiger charge is 2.25. The second-order valence-corrected chi connectivity index (χ2v) is 8.17. The number of nitrogens with zero attached hydrogens (tertiary/aromatic N) is 3. The van der Waals surface area contributed by atoms with Crippen molar-refractivity contribution in [1.82, 2.24) is 20.1 Å². The summed E-state index contributed by atoms with van der Waals surface area (Å²) in [5.41, 5.74) is 0. The quantitative estimate of drug-likeness (QED) is 0.595. The molecule has 2 amide bonds. The van der Waals surface area contributed by atoms with Gasteiger partial charge in [0.2, 0.25) is 0 Å². The molecule has 4 heterocycles. The molecule has 28 heavy (non-hydrogen) atoms. The summed E-state index contributed by atoms with van der Waals surface area (Å²) in [5.74, 6) is 2.10. The van der Waals surface area contributed by atoms with Crippen molar-refractivity contribution in [3.63, 3.8) is 0 Å². The number of carbonyl (C=O) groups is 1. The number of ether oxygens (including phenoxy) is 2. The molecule has 9 nitrogen and oxygen atoms in total. The van der Waals surface area contributed by atoms with E-state index in [9.17, 15) is 9.90 Å². The number of anilines is 1. The van der Waals surface area contributed by atoms with Crippen LogP contribution < -0.4 is 20.5 Å². The summed E-state index contributed by atoms with van der Waals surface area (Å²) in [6.45, 7) is 5.13. The normalized spacial score (nSPS) is 20.6. The molecule has 0 aliphatic carbocycles. The summed E-state index contributed by atoms with van der Waals surface area (Å²) in [5, 5.41) is 17.0. The van der Waals surface area contributed by atoms with E-state index in [1.165, 1.54) is 11.3 Å². The summed E-state index contributed by atoms with van der Waals surface area (Å²) < 4.78 is 12.0. The number of aliphatic hydroxyl groups excluding tert-OH is 1. The van der Waals surface area contributed by atoms with Gasteiger partial charge in [0.25, 0.3) is 0 Å². The van der Waals surface area contributed by atoms with Crippen molar-refractivity contribution in [1.29, 1.82) is 0 Å². The van der Waals surface area contributed by atoms with Crippen LogP contribution in [0.2, 0.25) is 0 Å². The van der Waals surface area contributed by atoms with E-state index in [4.69, 9.17) is 9.47 Å². The Morgan fingerprint density at radius 3 is 2.79 bits per heavy atom. The Morgan fingerprint density at radius 1 is 1.36 bits per heavy atom. The standard InChI is InChI=1S/C18H27N5O4S/c1-26-13-10-19-16(22-6-8-27-9-7-22)15-14(13)20-17(28-15)21-18(25)23-4-2-12(11-24)3-5-23/h12,19,24H,2-11H2,1H3,(H,20,21,25). The third-order valence-corrected chi connectivity index (χ3v) is 6.45. The van der Waals surface area contributed by atoms with Crippen molar-refractivity contribution in [2.75, 3.05) is 65.0 Å². The van der Waals surface area contributed by atoms with Gasteiger partial charge in [-0.1, -0.05) is 11.3 Å². The van der Waals surface area contributed by atoms with Crippen LogP contribution in [0.1, 0.15) is 12.8 Å². The molecule has 3 N–H and O–H groups in total. The van der Waals surface area contributed by atoms with Crippen molar-refractivity contribution < 1.29 is 19.4 Å². The number of amides is 2. The molecule has 1 aromatic rings. The highest BCUT2D eigenvalue weighted by molar-refractivity contribution is 7.13. The molecule has 3 aliphatic heterocycles. The van der Waals surface area contributed by atoms with E-state index in [2.05, 4.69) is 20.5 Å². The Hall–Kier alpha value is -2.04. The van der Waals surface area contributed by atoms with Gasteiger partial charge in [-0.2, -0.15) is 0 Å². The molecule has 3 aliphatic rings. The number of likely N-dealkylation sites (tertiary alicyclic amines) is 1. The van der Waals surface area contributed by atoms with Crippen molar-refractivity contribution in [3.05, 3.63) is 9.88 Å². The Balaban J connectivity index is 1.57. The Kier molecular flexibility index (Phi) is 5.88. The van der Waals surface area contributed by atoms with Crippen molar-refractivity contribution >= 4 is 34.1 Å². The van der Waals surface area contributed by atoms with E-state index in [0.29, 0.717) is 43.9 Å². The first-order valence-corrected chi connectivity index (χ1v) is 10.5. The van der Waals surface area contributed by atoms with Gasteiger partial charge in [-0.05, 0) is 18.8 Å².